The van der Waals surface area contributed by atoms with Gasteiger partial charge in [0, 0.05) is 5.69 Å². The maximum absolute atomic E-state index is 12.4. The second kappa shape index (κ2) is 4.20. The van der Waals surface area contributed by atoms with Crippen LogP contribution in [0.1, 0.15) is 5.56 Å². The fourth-order valence-corrected chi connectivity index (χ4v) is 1.07. The molecule has 6 heteroatoms. The van der Waals surface area contributed by atoms with Crippen LogP contribution in [0.3, 0.4) is 0 Å². The zero-order valence-electron chi connectivity index (χ0n) is 7.64. The Balaban J connectivity index is 2.92. The van der Waals surface area contributed by atoms with Crippen molar-refractivity contribution >= 4 is 11.6 Å². The molecule has 0 aliphatic heterocycles. The number of hydrogen-bond acceptors (Lipinski definition) is 2. The number of nitrogens with one attached hydrogen (secondary N) is 1. The zero-order chi connectivity index (χ0) is 11.5. The zero-order valence-corrected chi connectivity index (χ0v) is 7.64. The monoisotopic (exact) mass is 218 g/mol. The van der Waals surface area contributed by atoms with Gasteiger partial charge in [-0.1, -0.05) is 12.1 Å². The summed E-state index contributed by atoms with van der Waals surface area (Å²) in [6, 6.07) is 4.89. The minimum Gasteiger partial charge on any atom is -0.376 e. The Labute approximate surface area is 84.1 Å². The minimum absolute atomic E-state index is 0.149. The van der Waals surface area contributed by atoms with Crippen molar-refractivity contribution in [2.45, 2.75) is 6.18 Å². The van der Waals surface area contributed by atoms with Gasteiger partial charge in [0.25, 0.3) is 0 Å². The first-order valence-corrected chi connectivity index (χ1v) is 4.09. The first-order chi connectivity index (χ1) is 6.91. The maximum atomic E-state index is 12.4. The third kappa shape index (κ3) is 3.16. The third-order valence-electron chi connectivity index (χ3n) is 1.69. The van der Waals surface area contributed by atoms with Gasteiger partial charge >= 0.3 is 6.18 Å². The smallest absolute Gasteiger partial charge is 0.376 e. The summed E-state index contributed by atoms with van der Waals surface area (Å²) in [6.07, 6.45) is -4.44. The van der Waals surface area contributed by atoms with Gasteiger partial charge in [-0.25, -0.2) is 0 Å². The van der Waals surface area contributed by atoms with E-state index in [1.54, 1.807) is 0 Å². The third-order valence-corrected chi connectivity index (χ3v) is 1.69. The molecule has 0 atom stereocenters. The molecule has 1 rings (SSSR count). The van der Waals surface area contributed by atoms with E-state index in [2.05, 4.69) is 5.32 Å². The average Bonchev–Trinajstić information content (AvgIpc) is 2.13. The van der Waals surface area contributed by atoms with Crippen LogP contribution in [0.2, 0.25) is 0 Å². The van der Waals surface area contributed by atoms with E-state index < -0.39 is 17.6 Å². The van der Waals surface area contributed by atoms with Crippen molar-refractivity contribution in [2.75, 3.05) is 11.9 Å². The standard InChI is InChI=1S/C9H9F3N2O/c10-9(11,12)6-3-1-2-4-7(6)14-5-8(13)15/h1-4,14H,5H2,(H2,13,15). The van der Waals surface area contributed by atoms with Gasteiger partial charge in [-0.05, 0) is 12.1 Å². The number of benzene rings is 1. The van der Waals surface area contributed by atoms with E-state index in [1.165, 1.54) is 18.2 Å². The number of carbonyl (C=O) groups is 1. The Bertz CT molecular complexity index is 363. The summed E-state index contributed by atoms with van der Waals surface area (Å²) >= 11 is 0. The molecule has 0 radical (unpaired) electrons. The van der Waals surface area contributed by atoms with Gasteiger partial charge in [0.2, 0.25) is 5.91 Å². The largest absolute Gasteiger partial charge is 0.418 e. The van der Waals surface area contributed by atoms with E-state index in [4.69, 9.17) is 5.73 Å². The van der Waals surface area contributed by atoms with E-state index in [1.807, 2.05) is 0 Å². The van der Waals surface area contributed by atoms with Gasteiger partial charge in [-0.15, -0.1) is 0 Å². The van der Waals surface area contributed by atoms with Gasteiger partial charge in [0.1, 0.15) is 0 Å². The van der Waals surface area contributed by atoms with Crippen molar-refractivity contribution in [1.82, 2.24) is 0 Å². The number of hydrogen-bond donors (Lipinski definition) is 2. The summed E-state index contributed by atoms with van der Waals surface area (Å²) in [5, 5.41) is 2.32. The van der Waals surface area contributed by atoms with E-state index in [-0.39, 0.29) is 12.2 Å². The SMILES string of the molecule is NC(=O)CNc1ccccc1C(F)(F)F. The molecule has 3 nitrogen and oxygen atoms in total. The highest BCUT2D eigenvalue weighted by atomic mass is 19.4. The molecule has 1 aromatic rings. The molecular formula is C9H9F3N2O. The van der Waals surface area contributed by atoms with Gasteiger partial charge < -0.3 is 11.1 Å². The molecule has 82 valence electrons. The van der Waals surface area contributed by atoms with Crippen LogP contribution in [0.25, 0.3) is 0 Å². The molecule has 0 saturated carbocycles. The summed E-state index contributed by atoms with van der Waals surface area (Å²) in [5.74, 6) is -0.716. The first kappa shape index (κ1) is 11.4. The molecule has 0 bridgehead atoms. The number of alkyl halides is 3. The lowest BCUT2D eigenvalue weighted by molar-refractivity contribution is -0.137. The fourth-order valence-electron chi connectivity index (χ4n) is 1.07. The van der Waals surface area contributed by atoms with Crippen LogP contribution >= 0.6 is 0 Å². The molecule has 0 aliphatic carbocycles. The van der Waals surface area contributed by atoms with E-state index in [0.29, 0.717) is 0 Å². The molecule has 0 heterocycles. The van der Waals surface area contributed by atoms with Crippen LogP contribution in [0.15, 0.2) is 24.3 Å². The van der Waals surface area contributed by atoms with E-state index in [9.17, 15) is 18.0 Å². The highest BCUT2D eigenvalue weighted by Gasteiger charge is 2.33. The molecule has 0 spiro atoms. The summed E-state index contributed by atoms with van der Waals surface area (Å²) in [7, 11) is 0. The molecule has 0 saturated heterocycles. The van der Waals surface area contributed by atoms with Crippen molar-refractivity contribution in [2.24, 2.45) is 5.73 Å². The Morgan fingerprint density at radius 2 is 1.93 bits per heavy atom. The Morgan fingerprint density at radius 3 is 2.47 bits per heavy atom. The summed E-state index contributed by atoms with van der Waals surface area (Å²) in [4.78, 5) is 10.4. The average molecular weight is 218 g/mol. The number of nitrogens with two attached hydrogens (primary N) is 1. The van der Waals surface area contributed by atoms with Crippen LogP contribution in [0.5, 0.6) is 0 Å². The summed E-state index contributed by atoms with van der Waals surface area (Å²) in [6.45, 7) is -0.326. The molecule has 0 aromatic heterocycles. The van der Waals surface area contributed by atoms with Crippen molar-refractivity contribution in [3.63, 3.8) is 0 Å². The van der Waals surface area contributed by atoms with Gasteiger partial charge in [0.05, 0.1) is 12.1 Å². The molecule has 1 amide bonds. The number of anilines is 1. The minimum atomic E-state index is -4.44. The number of para-hydroxylation sites is 1. The second-order valence-electron chi connectivity index (χ2n) is 2.86. The molecule has 0 aliphatic rings. The molecule has 3 N–H and O–H groups in total. The van der Waals surface area contributed by atoms with Crippen LogP contribution in [-0.2, 0) is 11.0 Å². The molecular weight excluding hydrogens is 209 g/mol. The molecule has 15 heavy (non-hydrogen) atoms. The number of halogens is 3. The van der Waals surface area contributed by atoms with E-state index in [0.717, 1.165) is 6.07 Å². The van der Waals surface area contributed by atoms with Crippen LogP contribution in [0.4, 0.5) is 18.9 Å². The first-order valence-electron chi connectivity index (χ1n) is 4.09. The lowest BCUT2D eigenvalue weighted by Crippen LogP contribution is -2.23. The van der Waals surface area contributed by atoms with Crippen LogP contribution < -0.4 is 11.1 Å². The molecule has 0 unspecified atom stereocenters. The number of rotatable bonds is 3. The van der Waals surface area contributed by atoms with Crippen molar-refractivity contribution in [3.8, 4) is 0 Å². The van der Waals surface area contributed by atoms with Gasteiger partial charge in [-0.3, -0.25) is 4.79 Å². The van der Waals surface area contributed by atoms with Crippen LogP contribution in [0, 0.1) is 0 Å². The predicted octanol–water partition coefficient (Wildman–Crippen LogP) is 1.60. The van der Waals surface area contributed by atoms with Crippen molar-refractivity contribution in [1.29, 1.82) is 0 Å². The summed E-state index contributed by atoms with van der Waals surface area (Å²) < 4.78 is 37.2. The lowest BCUT2D eigenvalue weighted by atomic mass is 10.1. The summed E-state index contributed by atoms with van der Waals surface area (Å²) in [5.41, 5.74) is 3.85. The van der Waals surface area contributed by atoms with Crippen molar-refractivity contribution < 1.29 is 18.0 Å². The van der Waals surface area contributed by atoms with E-state index >= 15 is 0 Å². The van der Waals surface area contributed by atoms with Crippen molar-refractivity contribution in [3.05, 3.63) is 29.8 Å². The number of primary amides is 1. The highest BCUT2D eigenvalue weighted by Crippen LogP contribution is 2.34. The van der Waals surface area contributed by atoms with Gasteiger partial charge in [0.15, 0.2) is 0 Å². The number of amides is 1. The van der Waals surface area contributed by atoms with Crippen LogP contribution in [-0.4, -0.2) is 12.5 Å². The lowest BCUT2D eigenvalue weighted by Gasteiger charge is -2.13. The Kier molecular flexibility index (Phi) is 3.18. The fraction of sp³-hybridized carbons (Fsp3) is 0.222. The normalized spacial score (nSPS) is 11.1. The quantitative estimate of drug-likeness (QED) is 0.809. The number of carbonyl (C=O) groups excluding carboxylic acids is 1. The molecule has 1 aromatic carbocycles. The molecule has 0 fully saturated rings. The second-order valence-corrected chi connectivity index (χ2v) is 2.86. The van der Waals surface area contributed by atoms with Gasteiger partial charge in [-0.2, -0.15) is 13.2 Å². The highest BCUT2D eigenvalue weighted by molar-refractivity contribution is 5.79. The maximum Gasteiger partial charge on any atom is 0.418 e. The predicted molar refractivity (Wildman–Crippen MR) is 49.1 cm³/mol. The Hall–Kier alpha value is -1.72. The topological polar surface area (TPSA) is 55.1 Å². The Morgan fingerprint density at radius 1 is 1.33 bits per heavy atom.